The third kappa shape index (κ3) is 6.01. The number of carbonyl (C=O) groups is 1. The zero-order chi connectivity index (χ0) is 17.8. The number of pyridine rings is 1. The summed E-state index contributed by atoms with van der Waals surface area (Å²) in [4.78, 5) is 15.4. The van der Waals surface area contributed by atoms with Crippen LogP contribution in [0.2, 0.25) is 0 Å². The van der Waals surface area contributed by atoms with Crippen molar-refractivity contribution >= 4 is 11.6 Å². The van der Waals surface area contributed by atoms with Crippen molar-refractivity contribution in [2.45, 2.75) is 44.6 Å². The number of nitrogens with one attached hydrogen (secondary N) is 1. The highest BCUT2D eigenvalue weighted by Crippen LogP contribution is 2.24. The number of aromatic nitrogens is 1. The Morgan fingerprint density at radius 2 is 2.04 bits per heavy atom. The Labute approximate surface area is 130 Å². The molecule has 0 spiro atoms. The number of primary amides is 1. The zero-order valence-electron chi connectivity index (χ0n) is 12.7. The van der Waals surface area contributed by atoms with Gasteiger partial charge in [0, 0.05) is 19.2 Å². The van der Waals surface area contributed by atoms with Gasteiger partial charge in [0.2, 0.25) is 0 Å². The molecule has 1 heterocycles. The fourth-order valence-electron chi connectivity index (χ4n) is 1.84. The lowest BCUT2D eigenvalue weighted by atomic mass is 9.96. The van der Waals surface area contributed by atoms with E-state index in [0.717, 1.165) is 0 Å². The van der Waals surface area contributed by atoms with E-state index in [1.165, 1.54) is 26.1 Å². The first-order valence-corrected chi connectivity index (χ1v) is 6.86. The van der Waals surface area contributed by atoms with Crippen molar-refractivity contribution in [2.75, 3.05) is 11.9 Å². The second kappa shape index (κ2) is 7.12. The molecule has 1 unspecified atom stereocenters. The average Bonchev–Trinajstić information content (AvgIpc) is 2.35. The van der Waals surface area contributed by atoms with Crippen LogP contribution < -0.4 is 11.1 Å². The fourth-order valence-corrected chi connectivity index (χ4v) is 1.84. The average molecular weight is 337 g/mol. The molecule has 0 aromatic carbocycles. The van der Waals surface area contributed by atoms with Crippen LogP contribution in [0.15, 0.2) is 12.3 Å². The predicted octanol–water partition coefficient (Wildman–Crippen LogP) is 2.20. The van der Waals surface area contributed by atoms with Crippen molar-refractivity contribution in [3.63, 3.8) is 0 Å². The minimum atomic E-state index is -4.35. The molecule has 0 aliphatic carbocycles. The molecule has 1 amide bonds. The van der Waals surface area contributed by atoms with Crippen molar-refractivity contribution in [3.05, 3.63) is 23.5 Å². The summed E-state index contributed by atoms with van der Waals surface area (Å²) in [7, 11) is 0. The van der Waals surface area contributed by atoms with E-state index in [1.54, 1.807) is 0 Å². The number of aliphatic hydroxyl groups is 1. The first-order chi connectivity index (χ1) is 10.4. The lowest BCUT2D eigenvalue weighted by Gasteiger charge is -2.23. The zero-order valence-corrected chi connectivity index (χ0v) is 12.7. The van der Waals surface area contributed by atoms with Gasteiger partial charge in [-0.3, -0.25) is 9.78 Å². The molecule has 5 nitrogen and oxygen atoms in total. The van der Waals surface area contributed by atoms with Gasteiger partial charge in [0.05, 0.1) is 29.0 Å². The number of rotatable bonds is 7. The summed E-state index contributed by atoms with van der Waals surface area (Å²) in [5, 5.41) is 12.1. The number of hydrogen-bond donors (Lipinski definition) is 3. The molecule has 4 N–H and O–H groups in total. The van der Waals surface area contributed by atoms with Crippen LogP contribution in [-0.2, 0) is 6.42 Å². The minimum Gasteiger partial charge on any atom is -0.387 e. The van der Waals surface area contributed by atoms with Crippen molar-refractivity contribution in [1.29, 1.82) is 0 Å². The molecule has 1 atom stereocenters. The molecule has 0 radical (unpaired) electrons. The Bertz CT molecular complexity index is 556. The number of halogens is 4. The lowest BCUT2D eigenvalue weighted by molar-refractivity contribution is -0.131. The van der Waals surface area contributed by atoms with E-state index in [9.17, 15) is 27.5 Å². The van der Waals surface area contributed by atoms with Gasteiger partial charge in [-0.2, -0.15) is 13.2 Å². The third-order valence-electron chi connectivity index (χ3n) is 3.14. The molecule has 0 bridgehead atoms. The van der Waals surface area contributed by atoms with Crippen LogP contribution in [-0.4, -0.2) is 40.5 Å². The SMILES string of the molecule is CC(C)(O)C(F)Cc1nccc(NCCC(F)(F)F)c1C(N)=O. The Hall–Kier alpha value is -1.90. The van der Waals surface area contributed by atoms with Crippen molar-refractivity contribution in [3.8, 4) is 0 Å². The Kier molecular flexibility index (Phi) is 5.92. The molecule has 1 aromatic rings. The molecule has 0 saturated carbocycles. The maximum absolute atomic E-state index is 14.0. The highest BCUT2D eigenvalue weighted by molar-refractivity contribution is 5.99. The normalized spacial score (nSPS) is 13.7. The van der Waals surface area contributed by atoms with Crippen LogP contribution >= 0.6 is 0 Å². The first kappa shape index (κ1) is 19.1. The van der Waals surface area contributed by atoms with E-state index in [1.807, 2.05) is 0 Å². The molecule has 130 valence electrons. The quantitative estimate of drug-likeness (QED) is 0.666. The predicted molar refractivity (Wildman–Crippen MR) is 76.8 cm³/mol. The molecular formula is C14H19F4N3O2. The minimum absolute atomic E-state index is 0.0240. The van der Waals surface area contributed by atoms with E-state index in [4.69, 9.17) is 5.73 Å². The van der Waals surface area contributed by atoms with Gasteiger partial charge in [-0.15, -0.1) is 0 Å². The second-order valence-electron chi connectivity index (χ2n) is 5.66. The molecule has 9 heteroatoms. The summed E-state index contributed by atoms with van der Waals surface area (Å²) in [6.45, 7) is 2.05. The monoisotopic (exact) mass is 337 g/mol. The van der Waals surface area contributed by atoms with Gasteiger partial charge >= 0.3 is 6.18 Å². The van der Waals surface area contributed by atoms with E-state index in [2.05, 4.69) is 10.3 Å². The number of nitrogens with two attached hydrogens (primary N) is 1. The van der Waals surface area contributed by atoms with Crippen LogP contribution in [0.3, 0.4) is 0 Å². The third-order valence-corrected chi connectivity index (χ3v) is 3.14. The van der Waals surface area contributed by atoms with Crippen LogP contribution in [0.25, 0.3) is 0 Å². The number of nitrogens with zero attached hydrogens (tertiary/aromatic N) is 1. The van der Waals surface area contributed by atoms with Crippen LogP contribution in [0, 0.1) is 0 Å². The highest BCUT2D eigenvalue weighted by Gasteiger charge is 2.30. The molecule has 0 fully saturated rings. The molecule has 23 heavy (non-hydrogen) atoms. The molecule has 1 rings (SSSR count). The van der Waals surface area contributed by atoms with Crippen LogP contribution in [0.1, 0.15) is 36.3 Å². The number of hydrogen-bond acceptors (Lipinski definition) is 4. The van der Waals surface area contributed by atoms with E-state index < -0.39 is 43.2 Å². The smallest absolute Gasteiger partial charge is 0.387 e. The number of anilines is 1. The van der Waals surface area contributed by atoms with E-state index in [-0.39, 0.29) is 16.9 Å². The summed E-state index contributed by atoms with van der Waals surface area (Å²) in [5.41, 5.74) is 3.42. The van der Waals surface area contributed by atoms with Gasteiger partial charge in [-0.1, -0.05) is 0 Å². The number of alkyl halides is 4. The maximum Gasteiger partial charge on any atom is 0.390 e. The number of amides is 1. The standard InChI is InChI=1S/C14H19F4N3O2/c1-13(2,23)10(15)7-9-11(12(19)22)8(3-5-20-9)21-6-4-14(16,17)18/h3,5,10,23H,4,6-7H2,1-2H3,(H2,19,22)(H,20,21). The summed E-state index contributed by atoms with van der Waals surface area (Å²) in [6.07, 6.45) is -6.33. The fraction of sp³-hybridized carbons (Fsp3) is 0.571. The van der Waals surface area contributed by atoms with Gasteiger partial charge in [0.25, 0.3) is 5.91 Å². The molecule has 0 saturated heterocycles. The molecule has 0 aliphatic rings. The van der Waals surface area contributed by atoms with E-state index in [0.29, 0.717) is 0 Å². The molecular weight excluding hydrogens is 318 g/mol. The topological polar surface area (TPSA) is 88.2 Å². The van der Waals surface area contributed by atoms with Crippen molar-refractivity contribution in [2.24, 2.45) is 5.73 Å². The highest BCUT2D eigenvalue weighted by atomic mass is 19.4. The van der Waals surface area contributed by atoms with Gasteiger partial charge in [-0.05, 0) is 19.9 Å². The summed E-state index contributed by atoms with van der Waals surface area (Å²) in [6, 6.07) is 1.29. The first-order valence-electron chi connectivity index (χ1n) is 6.86. The lowest BCUT2D eigenvalue weighted by Crippen LogP contribution is -2.35. The Balaban J connectivity index is 3.00. The van der Waals surface area contributed by atoms with Gasteiger partial charge < -0.3 is 16.2 Å². The van der Waals surface area contributed by atoms with Gasteiger partial charge in [0.1, 0.15) is 6.17 Å². The van der Waals surface area contributed by atoms with Gasteiger partial charge in [0.15, 0.2) is 0 Å². The summed E-state index contributed by atoms with van der Waals surface area (Å²) in [5.74, 6) is -0.939. The Morgan fingerprint density at radius 3 is 2.52 bits per heavy atom. The van der Waals surface area contributed by atoms with Gasteiger partial charge in [-0.25, -0.2) is 4.39 Å². The summed E-state index contributed by atoms with van der Waals surface area (Å²) < 4.78 is 50.5. The maximum atomic E-state index is 14.0. The molecule has 0 aliphatic heterocycles. The second-order valence-corrected chi connectivity index (χ2v) is 5.66. The van der Waals surface area contributed by atoms with Crippen molar-refractivity contribution in [1.82, 2.24) is 4.98 Å². The number of carbonyl (C=O) groups excluding carboxylic acids is 1. The molecule has 1 aromatic heterocycles. The van der Waals surface area contributed by atoms with E-state index >= 15 is 0 Å². The Morgan fingerprint density at radius 1 is 1.43 bits per heavy atom. The van der Waals surface area contributed by atoms with Crippen molar-refractivity contribution < 1.29 is 27.5 Å². The largest absolute Gasteiger partial charge is 0.390 e. The summed E-state index contributed by atoms with van der Waals surface area (Å²) >= 11 is 0. The van der Waals surface area contributed by atoms with Crippen LogP contribution in [0.5, 0.6) is 0 Å². The van der Waals surface area contributed by atoms with Crippen LogP contribution in [0.4, 0.5) is 23.2 Å².